The first-order chi connectivity index (χ1) is 14.2. The fourth-order valence-corrected chi connectivity index (χ4v) is 4.86. The van der Waals surface area contributed by atoms with Gasteiger partial charge in [0.25, 0.3) is 5.91 Å². The van der Waals surface area contributed by atoms with E-state index >= 15 is 0 Å². The highest BCUT2D eigenvalue weighted by Crippen LogP contribution is 2.49. The number of fused-ring (bicyclic) bond motifs is 2. The second kappa shape index (κ2) is 6.88. The van der Waals surface area contributed by atoms with Gasteiger partial charge in [-0.25, -0.2) is 4.98 Å². The number of aryl methyl sites for hydroxylation is 1. The van der Waals surface area contributed by atoms with E-state index in [0.717, 1.165) is 17.7 Å². The molecule has 2 amide bonds. The number of carbonyl (C=O) groups is 2. The summed E-state index contributed by atoms with van der Waals surface area (Å²) >= 11 is 0. The fraction of sp³-hybridized carbons (Fsp3) is 0.261. The Morgan fingerprint density at radius 1 is 1.17 bits per heavy atom. The number of rotatable bonds is 4. The lowest BCUT2D eigenvalue weighted by atomic mass is 9.73. The highest BCUT2D eigenvalue weighted by molar-refractivity contribution is 6.08. The molecule has 6 nitrogen and oxygen atoms in total. The minimum Gasteiger partial charge on any atom is -0.438 e. The number of benzene rings is 2. The summed E-state index contributed by atoms with van der Waals surface area (Å²) in [4.78, 5) is 32.1. The summed E-state index contributed by atoms with van der Waals surface area (Å²) in [6.07, 6.45) is 4.75. The maximum atomic E-state index is 13.2. The molecular weight excluding hydrogens is 366 g/mol. The molecule has 2 aromatic carbocycles. The third-order valence-corrected chi connectivity index (χ3v) is 6.21. The molecule has 1 fully saturated rings. The third kappa shape index (κ3) is 2.75. The fourth-order valence-electron chi connectivity index (χ4n) is 4.86. The van der Waals surface area contributed by atoms with Crippen LogP contribution in [0, 0.1) is 0 Å². The number of nitrogens with one attached hydrogen (secondary N) is 1. The molecule has 2 atom stereocenters. The Kier molecular flexibility index (Phi) is 4.19. The van der Waals surface area contributed by atoms with Crippen LogP contribution in [0.1, 0.15) is 34.5 Å². The van der Waals surface area contributed by atoms with Crippen LogP contribution < -0.4 is 5.32 Å². The second-order valence-corrected chi connectivity index (χ2v) is 7.63. The van der Waals surface area contributed by atoms with Gasteiger partial charge in [-0.15, -0.1) is 0 Å². The van der Waals surface area contributed by atoms with Gasteiger partial charge in [-0.05, 0) is 36.5 Å². The standard InChI is InChI=1S/C23H21N3O3/c27-21(19-14-24-15-29-19)26-13-12-23(17-8-4-5-9-18(17)25-22(23)28)20(26)11-10-16-6-2-1-3-7-16/h1-9,14-15,20H,10-13H2,(H,25,28)/t20-,23-/m0/s1. The number of likely N-dealkylation sites (tertiary alicyclic amines) is 1. The van der Waals surface area contributed by atoms with Gasteiger partial charge in [-0.1, -0.05) is 48.5 Å². The van der Waals surface area contributed by atoms with E-state index in [1.807, 2.05) is 42.5 Å². The molecule has 1 saturated heterocycles. The van der Waals surface area contributed by atoms with Crippen molar-refractivity contribution in [3.63, 3.8) is 0 Å². The van der Waals surface area contributed by atoms with E-state index < -0.39 is 5.41 Å². The van der Waals surface area contributed by atoms with Crippen LogP contribution in [0.5, 0.6) is 0 Å². The summed E-state index contributed by atoms with van der Waals surface area (Å²) in [6, 6.07) is 17.7. The van der Waals surface area contributed by atoms with Crippen molar-refractivity contribution in [1.82, 2.24) is 9.88 Å². The predicted molar refractivity (Wildman–Crippen MR) is 107 cm³/mol. The van der Waals surface area contributed by atoms with Crippen molar-refractivity contribution in [3.8, 4) is 0 Å². The van der Waals surface area contributed by atoms with Gasteiger partial charge in [0.05, 0.1) is 17.7 Å². The van der Waals surface area contributed by atoms with Crippen LogP contribution in [0.3, 0.4) is 0 Å². The van der Waals surface area contributed by atoms with E-state index in [9.17, 15) is 9.59 Å². The van der Waals surface area contributed by atoms with Gasteiger partial charge in [-0.3, -0.25) is 9.59 Å². The van der Waals surface area contributed by atoms with Gasteiger partial charge in [0.1, 0.15) is 0 Å². The summed E-state index contributed by atoms with van der Waals surface area (Å²) < 4.78 is 5.26. The van der Waals surface area contributed by atoms with Crippen LogP contribution in [0.25, 0.3) is 0 Å². The number of amides is 2. The van der Waals surface area contributed by atoms with Gasteiger partial charge < -0.3 is 14.6 Å². The summed E-state index contributed by atoms with van der Waals surface area (Å²) in [6.45, 7) is 0.501. The number of carbonyl (C=O) groups excluding carboxylic acids is 2. The number of oxazole rings is 1. The normalized spacial score (nSPS) is 22.7. The second-order valence-electron chi connectivity index (χ2n) is 7.63. The molecule has 0 bridgehead atoms. The van der Waals surface area contributed by atoms with Crippen LogP contribution >= 0.6 is 0 Å². The molecule has 5 rings (SSSR count). The number of hydrogen-bond acceptors (Lipinski definition) is 4. The Labute approximate surface area is 168 Å². The van der Waals surface area contributed by atoms with Gasteiger partial charge in [-0.2, -0.15) is 0 Å². The van der Waals surface area contributed by atoms with Crippen LogP contribution in [0.2, 0.25) is 0 Å². The van der Waals surface area contributed by atoms with Crippen molar-refractivity contribution in [3.05, 3.63) is 84.1 Å². The number of anilines is 1. The third-order valence-electron chi connectivity index (χ3n) is 6.21. The molecule has 0 radical (unpaired) electrons. The zero-order valence-electron chi connectivity index (χ0n) is 15.9. The van der Waals surface area contributed by atoms with Crippen molar-refractivity contribution < 1.29 is 14.0 Å². The molecule has 0 saturated carbocycles. The first kappa shape index (κ1) is 17.7. The van der Waals surface area contributed by atoms with E-state index in [0.29, 0.717) is 19.4 Å². The van der Waals surface area contributed by atoms with E-state index in [2.05, 4.69) is 22.4 Å². The highest BCUT2D eigenvalue weighted by Gasteiger charge is 2.58. The van der Waals surface area contributed by atoms with Crippen molar-refractivity contribution in [1.29, 1.82) is 0 Å². The predicted octanol–water partition coefficient (Wildman–Crippen LogP) is 3.41. The highest BCUT2D eigenvalue weighted by atomic mass is 16.3. The number of hydrogen-bond donors (Lipinski definition) is 1. The maximum absolute atomic E-state index is 13.2. The van der Waals surface area contributed by atoms with Gasteiger partial charge in [0, 0.05) is 12.2 Å². The molecular formula is C23H21N3O3. The Hall–Kier alpha value is -3.41. The molecule has 6 heteroatoms. The quantitative estimate of drug-likeness (QED) is 0.744. The lowest BCUT2D eigenvalue weighted by Crippen LogP contribution is -2.49. The lowest BCUT2D eigenvalue weighted by molar-refractivity contribution is -0.121. The topological polar surface area (TPSA) is 75.4 Å². The van der Waals surface area contributed by atoms with Crippen molar-refractivity contribution in [2.24, 2.45) is 0 Å². The van der Waals surface area contributed by atoms with Crippen LogP contribution in [0.4, 0.5) is 5.69 Å². The Morgan fingerprint density at radius 2 is 1.97 bits per heavy atom. The molecule has 29 heavy (non-hydrogen) atoms. The van der Waals surface area contributed by atoms with Crippen molar-refractivity contribution in [2.45, 2.75) is 30.7 Å². The summed E-state index contributed by atoms with van der Waals surface area (Å²) in [5.41, 5.74) is 2.28. The minimum atomic E-state index is -0.735. The van der Waals surface area contributed by atoms with Crippen LogP contribution in [-0.2, 0) is 16.6 Å². The van der Waals surface area contributed by atoms with Gasteiger partial charge >= 0.3 is 0 Å². The molecule has 1 spiro atoms. The molecule has 2 aliphatic rings. The molecule has 3 aromatic rings. The molecule has 2 aliphatic heterocycles. The largest absolute Gasteiger partial charge is 0.438 e. The molecule has 1 aromatic heterocycles. The zero-order valence-corrected chi connectivity index (χ0v) is 15.9. The molecule has 1 N–H and O–H groups in total. The monoisotopic (exact) mass is 387 g/mol. The van der Waals surface area contributed by atoms with Gasteiger partial charge in [0.15, 0.2) is 6.39 Å². The summed E-state index contributed by atoms with van der Waals surface area (Å²) in [7, 11) is 0. The lowest BCUT2D eigenvalue weighted by Gasteiger charge is -2.33. The Bertz CT molecular complexity index is 1050. The summed E-state index contributed by atoms with van der Waals surface area (Å²) in [5.74, 6) is -0.0299. The zero-order chi connectivity index (χ0) is 19.8. The van der Waals surface area contributed by atoms with Crippen LogP contribution in [0.15, 0.2) is 71.6 Å². The van der Waals surface area contributed by atoms with Crippen molar-refractivity contribution in [2.75, 3.05) is 11.9 Å². The number of nitrogens with zero attached hydrogens (tertiary/aromatic N) is 2. The molecule has 0 unspecified atom stereocenters. The average Bonchev–Trinajstić information content (AvgIpc) is 3.47. The maximum Gasteiger partial charge on any atom is 0.291 e. The smallest absolute Gasteiger partial charge is 0.291 e. The Morgan fingerprint density at radius 3 is 2.76 bits per heavy atom. The van der Waals surface area contributed by atoms with E-state index in [-0.39, 0.29) is 23.6 Å². The van der Waals surface area contributed by atoms with Gasteiger partial charge in [0.2, 0.25) is 11.7 Å². The van der Waals surface area contributed by atoms with E-state index in [1.165, 1.54) is 18.2 Å². The first-order valence-electron chi connectivity index (χ1n) is 9.84. The molecule has 146 valence electrons. The SMILES string of the molecule is O=C(c1cnco1)N1CC[C@@]2(C(=O)Nc3ccccc32)[C@@H]1CCc1ccccc1. The van der Waals surface area contributed by atoms with E-state index in [4.69, 9.17) is 4.42 Å². The van der Waals surface area contributed by atoms with E-state index in [1.54, 1.807) is 4.90 Å². The van der Waals surface area contributed by atoms with Crippen molar-refractivity contribution >= 4 is 17.5 Å². The number of aromatic nitrogens is 1. The summed E-state index contributed by atoms with van der Waals surface area (Å²) in [5, 5.41) is 3.04. The van der Waals surface area contributed by atoms with Crippen LogP contribution in [-0.4, -0.2) is 34.3 Å². The molecule has 3 heterocycles. The average molecular weight is 387 g/mol. The first-order valence-corrected chi connectivity index (χ1v) is 9.84. The number of para-hydroxylation sites is 1. The molecule has 0 aliphatic carbocycles. The Balaban J connectivity index is 1.54. The minimum absolute atomic E-state index is 0.0235.